The van der Waals surface area contributed by atoms with Gasteiger partial charge in [-0.3, -0.25) is 9.78 Å². The van der Waals surface area contributed by atoms with E-state index in [1.54, 1.807) is 30.3 Å². The molecule has 0 aliphatic carbocycles. The Kier molecular flexibility index (Phi) is 4.98. The first-order valence-electron chi connectivity index (χ1n) is 6.42. The summed E-state index contributed by atoms with van der Waals surface area (Å²) in [6, 6.07) is 11.0. The fourth-order valence-electron chi connectivity index (χ4n) is 1.64. The number of nitrogens with zero attached hydrogens (tertiary/aromatic N) is 1. The minimum atomic E-state index is -4.37. The number of benzene rings is 1. The molecule has 2 aromatic rings. The second kappa shape index (κ2) is 6.93. The van der Waals surface area contributed by atoms with Gasteiger partial charge in [0, 0.05) is 12.7 Å². The Labute approximate surface area is 124 Å². The standard InChI is InChI=1S/C15H13F3N2O2/c16-15(17,18)10-22-12-6-4-11(5-7-12)9-20-14(21)13-3-1-2-8-19-13/h1-8H,9-10H2,(H,20,21). The molecule has 0 saturated heterocycles. The lowest BCUT2D eigenvalue weighted by Gasteiger charge is -2.10. The zero-order chi connectivity index (χ0) is 16.0. The van der Waals surface area contributed by atoms with E-state index in [0.29, 0.717) is 5.69 Å². The summed E-state index contributed by atoms with van der Waals surface area (Å²) in [6.07, 6.45) is -2.85. The van der Waals surface area contributed by atoms with Gasteiger partial charge in [0.15, 0.2) is 6.61 Å². The van der Waals surface area contributed by atoms with Crippen LogP contribution in [0.3, 0.4) is 0 Å². The Balaban J connectivity index is 1.85. The number of rotatable bonds is 5. The summed E-state index contributed by atoms with van der Waals surface area (Å²) < 4.78 is 40.6. The van der Waals surface area contributed by atoms with Gasteiger partial charge in [0.1, 0.15) is 11.4 Å². The van der Waals surface area contributed by atoms with Crippen molar-refractivity contribution in [2.45, 2.75) is 12.7 Å². The monoisotopic (exact) mass is 310 g/mol. The van der Waals surface area contributed by atoms with E-state index in [1.165, 1.54) is 18.3 Å². The summed E-state index contributed by atoms with van der Waals surface area (Å²) in [6.45, 7) is -1.09. The van der Waals surface area contributed by atoms with E-state index in [-0.39, 0.29) is 18.2 Å². The fraction of sp³-hybridized carbons (Fsp3) is 0.200. The molecule has 0 aliphatic heterocycles. The number of pyridine rings is 1. The Bertz CT molecular complexity index is 613. The molecule has 0 bridgehead atoms. The van der Waals surface area contributed by atoms with Gasteiger partial charge in [0.05, 0.1) is 0 Å². The summed E-state index contributed by atoms with van der Waals surface area (Å²) >= 11 is 0. The summed E-state index contributed by atoms with van der Waals surface area (Å²) in [7, 11) is 0. The molecule has 0 spiro atoms. The maximum atomic E-state index is 12.0. The van der Waals surface area contributed by atoms with Crippen LogP contribution in [0, 0.1) is 0 Å². The third-order valence-electron chi connectivity index (χ3n) is 2.68. The third kappa shape index (κ3) is 5.08. The van der Waals surface area contributed by atoms with E-state index >= 15 is 0 Å². The number of alkyl halides is 3. The van der Waals surface area contributed by atoms with Gasteiger partial charge in [-0.25, -0.2) is 0 Å². The molecule has 7 heteroatoms. The van der Waals surface area contributed by atoms with Gasteiger partial charge in [-0.05, 0) is 29.8 Å². The smallest absolute Gasteiger partial charge is 0.422 e. The van der Waals surface area contributed by atoms with Crippen molar-refractivity contribution < 1.29 is 22.7 Å². The lowest BCUT2D eigenvalue weighted by Crippen LogP contribution is -2.23. The number of carbonyl (C=O) groups excluding carboxylic acids is 1. The van der Waals surface area contributed by atoms with Gasteiger partial charge < -0.3 is 10.1 Å². The van der Waals surface area contributed by atoms with Crippen LogP contribution in [0.1, 0.15) is 16.1 Å². The Hall–Kier alpha value is -2.57. The number of amides is 1. The first-order valence-corrected chi connectivity index (χ1v) is 6.42. The number of carbonyl (C=O) groups is 1. The Morgan fingerprint density at radius 2 is 1.86 bits per heavy atom. The van der Waals surface area contributed by atoms with Crippen molar-refractivity contribution in [2.24, 2.45) is 0 Å². The molecule has 1 N–H and O–H groups in total. The van der Waals surface area contributed by atoms with Crippen LogP contribution in [0.4, 0.5) is 13.2 Å². The molecule has 22 heavy (non-hydrogen) atoms. The molecule has 1 aromatic heterocycles. The number of hydrogen-bond donors (Lipinski definition) is 1. The summed E-state index contributed by atoms with van der Waals surface area (Å²) in [4.78, 5) is 15.7. The minimum Gasteiger partial charge on any atom is -0.484 e. The highest BCUT2D eigenvalue weighted by Gasteiger charge is 2.28. The molecule has 0 saturated carbocycles. The van der Waals surface area contributed by atoms with Crippen LogP contribution in [0.5, 0.6) is 5.75 Å². The van der Waals surface area contributed by atoms with Gasteiger partial charge in [0.25, 0.3) is 5.91 Å². The largest absolute Gasteiger partial charge is 0.484 e. The van der Waals surface area contributed by atoms with E-state index in [1.807, 2.05) is 0 Å². The second-order valence-electron chi connectivity index (χ2n) is 4.45. The van der Waals surface area contributed by atoms with E-state index in [4.69, 9.17) is 0 Å². The molecule has 2 rings (SSSR count). The highest BCUT2D eigenvalue weighted by molar-refractivity contribution is 5.92. The van der Waals surface area contributed by atoms with Gasteiger partial charge in [0.2, 0.25) is 0 Å². The molecule has 0 radical (unpaired) electrons. The van der Waals surface area contributed by atoms with Crippen molar-refractivity contribution in [1.82, 2.24) is 10.3 Å². The first kappa shape index (κ1) is 15.8. The van der Waals surface area contributed by atoms with Crippen molar-refractivity contribution in [3.8, 4) is 5.75 Å². The van der Waals surface area contributed by atoms with Gasteiger partial charge in [-0.1, -0.05) is 18.2 Å². The minimum absolute atomic E-state index is 0.122. The number of hydrogen-bond acceptors (Lipinski definition) is 3. The van der Waals surface area contributed by atoms with E-state index in [9.17, 15) is 18.0 Å². The van der Waals surface area contributed by atoms with Crippen LogP contribution in [0.25, 0.3) is 0 Å². The predicted molar refractivity (Wildman–Crippen MR) is 73.4 cm³/mol. The Morgan fingerprint density at radius 3 is 2.45 bits per heavy atom. The molecule has 1 amide bonds. The summed E-state index contributed by atoms with van der Waals surface area (Å²) in [5.41, 5.74) is 1.04. The van der Waals surface area contributed by atoms with Crippen LogP contribution in [-0.2, 0) is 6.54 Å². The maximum Gasteiger partial charge on any atom is 0.422 e. The van der Waals surface area contributed by atoms with E-state index in [2.05, 4.69) is 15.0 Å². The quantitative estimate of drug-likeness (QED) is 0.924. The van der Waals surface area contributed by atoms with Crippen molar-refractivity contribution in [1.29, 1.82) is 0 Å². The summed E-state index contributed by atoms with van der Waals surface area (Å²) in [5.74, 6) is -0.199. The predicted octanol–water partition coefficient (Wildman–Crippen LogP) is 2.95. The van der Waals surface area contributed by atoms with Gasteiger partial charge in [-0.15, -0.1) is 0 Å². The molecule has 116 valence electrons. The number of halogens is 3. The topological polar surface area (TPSA) is 51.2 Å². The molecule has 1 aromatic carbocycles. The van der Waals surface area contributed by atoms with Crippen molar-refractivity contribution in [2.75, 3.05) is 6.61 Å². The molecule has 4 nitrogen and oxygen atoms in total. The first-order chi connectivity index (χ1) is 10.4. The van der Waals surface area contributed by atoms with Gasteiger partial charge in [-0.2, -0.15) is 13.2 Å². The number of aromatic nitrogens is 1. The highest BCUT2D eigenvalue weighted by atomic mass is 19.4. The molecular weight excluding hydrogens is 297 g/mol. The average Bonchev–Trinajstić information content (AvgIpc) is 2.52. The third-order valence-corrected chi connectivity index (χ3v) is 2.68. The van der Waals surface area contributed by atoms with Crippen LogP contribution in [0.2, 0.25) is 0 Å². The van der Waals surface area contributed by atoms with Crippen LogP contribution in [-0.4, -0.2) is 23.7 Å². The van der Waals surface area contributed by atoms with E-state index < -0.39 is 12.8 Å². The molecule has 0 fully saturated rings. The van der Waals surface area contributed by atoms with Crippen molar-refractivity contribution >= 4 is 5.91 Å². The second-order valence-corrected chi connectivity index (χ2v) is 4.45. The summed E-state index contributed by atoms with van der Waals surface area (Å²) in [5, 5.41) is 2.67. The lowest BCUT2D eigenvalue weighted by atomic mass is 10.2. The highest BCUT2D eigenvalue weighted by Crippen LogP contribution is 2.18. The van der Waals surface area contributed by atoms with Crippen molar-refractivity contribution in [3.05, 3.63) is 59.9 Å². The zero-order valence-electron chi connectivity index (χ0n) is 11.4. The van der Waals surface area contributed by atoms with Crippen LogP contribution < -0.4 is 10.1 Å². The lowest BCUT2D eigenvalue weighted by molar-refractivity contribution is -0.153. The maximum absolute atomic E-state index is 12.0. The van der Waals surface area contributed by atoms with Crippen molar-refractivity contribution in [3.63, 3.8) is 0 Å². The molecule has 1 heterocycles. The molecule has 0 aliphatic rings. The van der Waals surface area contributed by atoms with Crippen LogP contribution >= 0.6 is 0 Å². The SMILES string of the molecule is O=C(NCc1ccc(OCC(F)(F)F)cc1)c1ccccn1. The number of nitrogens with one attached hydrogen (secondary N) is 1. The molecule has 0 unspecified atom stereocenters. The Morgan fingerprint density at radius 1 is 1.14 bits per heavy atom. The molecular formula is C15H13F3N2O2. The normalized spacial score (nSPS) is 11.0. The van der Waals surface area contributed by atoms with Crippen LogP contribution in [0.15, 0.2) is 48.7 Å². The average molecular weight is 310 g/mol. The molecule has 0 atom stereocenters. The fourth-order valence-corrected chi connectivity index (χ4v) is 1.64. The number of ether oxygens (including phenoxy) is 1. The zero-order valence-corrected chi connectivity index (χ0v) is 11.4. The van der Waals surface area contributed by atoms with E-state index in [0.717, 1.165) is 5.56 Å². The van der Waals surface area contributed by atoms with Gasteiger partial charge >= 0.3 is 6.18 Å².